The quantitative estimate of drug-likeness (QED) is 0.372. The number of nitrogens with one attached hydrogen (secondary N) is 1. The second-order valence-corrected chi connectivity index (χ2v) is 7.51. The van der Waals surface area contributed by atoms with Crippen molar-refractivity contribution in [2.45, 2.75) is 32.6 Å². The van der Waals surface area contributed by atoms with Crippen LogP contribution in [0.15, 0.2) is 4.99 Å². The minimum atomic E-state index is 0.0337. The molecule has 1 N–H and O–H groups in total. The van der Waals surface area contributed by atoms with Crippen molar-refractivity contribution < 1.29 is 9.53 Å². The van der Waals surface area contributed by atoms with Gasteiger partial charge in [-0.15, -0.1) is 0 Å². The predicted molar refractivity (Wildman–Crippen MR) is 105 cm³/mol. The average molecular weight is 368 g/mol. The first-order valence-corrected chi connectivity index (χ1v) is 10.1. The molecule has 2 saturated heterocycles. The SMILES string of the molecule is CCOCCCNC(=NCC(=O)N(C)C)N1CCC(CN2CCCC2)C1. The molecule has 0 aromatic heterocycles. The summed E-state index contributed by atoms with van der Waals surface area (Å²) >= 11 is 0. The number of likely N-dealkylation sites (tertiary alicyclic amines) is 2. The molecular weight excluding hydrogens is 330 g/mol. The Labute approximate surface area is 158 Å². The molecule has 0 aliphatic carbocycles. The van der Waals surface area contributed by atoms with E-state index in [4.69, 9.17) is 4.74 Å². The molecule has 2 aliphatic rings. The number of hydrogen-bond donors (Lipinski definition) is 1. The highest BCUT2D eigenvalue weighted by atomic mass is 16.5. The third-order valence-electron chi connectivity index (χ3n) is 5.12. The number of likely N-dealkylation sites (N-methyl/N-ethyl adjacent to an activating group) is 1. The van der Waals surface area contributed by atoms with E-state index in [1.807, 2.05) is 6.92 Å². The van der Waals surface area contributed by atoms with E-state index in [1.54, 1.807) is 19.0 Å². The summed E-state index contributed by atoms with van der Waals surface area (Å²) in [5, 5.41) is 3.44. The number of rotatable bonds is 9. The number of guanidine groups is 1. The van der Waals surface area contributed by atoms with E-state index < -0.39 is 0 Å². The van der Waals surface area contributed by atoms with Crippen molar-refractivity contribution in [2.75, 3.05) is 73.1 Å². The van der Waals surface area contributed by atoms with Crippen LogP contribution < -0.4 is 5.32 Å². The van der Waals surface area contributed by atoms with Gasteiger partial charge in [-0.05, 0) is 51.6 Å². The molecule has 7 nitrogen and oxygen atoms in total. The molecule has 0 aromatic carbocycles. The molecule has 2 heterocycles. The normalized spacial score (nSPS) is 21.4. The Kier molecular flexibility index (Phi) is 9.18. The first kappa shape index (κ1) is 21.0. The maximum absolute atomic E-state index is 11.9. The summed E-state index contributed by atoms with van der Waals surface area (Å²) in [6, 6.07) is 0. The summed E-state index contributed by atoms with van der Waals surface area (Å²) in [4.78, 5) is 23.0. The van der Waals surface area contributed by atoms with Crippen molar-refractivity contribution in [1.29, 1.82) is 0 Å². The molecule has 0 aromatic rings. The van der Waals surface area contributed by atoms with Crippen molar-refractivity contribution in [3.05, 3.63) is 0 Å². The maximum atomic E-state index is 11.9. The molecule has 1 atom stereocenters. The van der Waals surface area contributed by atoms with Crippen LogP contribution in [0.1, 0.15) is 32.6 Å². The molecule has 0 bridgehead atoms. The highest BCUT2D eigenvalue weighted by molar-refractivity contribution is 5.85. The number of ether oxygens (including phenoxy) is 1. The minimum absolute atomic E-state index is 0.0337. The third kappa shape index (κ3) is 7.11. The summed E-state index contributed by atoms with van der Waals surface area (Å²) in [6.45, 7) is 10.3. The number of carbonyl (C=O) groups excluding carboxylic acids is 1. The Morgan fingerprint density at radius 2 is 2.04 bits per heavy atom. The van der Waals surface area contributed by atoms with Gasteiger partial charge in [0.15, 0.2) is 5.96 Å². The van der Waals surface area contributed by atoms with Gasteiger partial charge < -0.3 is 24.8 Å². The number of carbonyl (C=O) groups is 1. The summed E-state index contributed by atoms with van der Waals surface area (Å²) in [6.07, 6.45) is 4.84. The highest BCUT2D eigenvalue weighted by Gasteiger charge is 2.27. The molecule has 0 spiro atoms. The van der Waals surface area contributed by atoms with Crippen LogP contribution in [0.2, 0.25) is 0 Å². The minimum Gasteiger partial charge on any atom is -0.382 e. The maximum Gasteiger partial charge on any atom is 0.243 e. The third-order valence-corrected chi connectivity index (χ3v) is 5.12. The molecule has 7 heteroatoms. The van der Waals surface area contributed by atoms with Gasteiger partial charge >= 0.3 is 0 Å². The van der Waals surface area contributed by atoms with E-state index in [1.165, 1.54) is 38.9 Å². The average Bonchev–Trinajstić information content (AvgIpc) is 3.29. The van der Waals surface area contributed by atoms with E-state index in [-0.39, 0.29) is 12.5 Å². The van der Waals surface area contributed by atoms with Gasteiger partial charge in [0.1, 0.15) is 6.54 Å². The molecule has 2 aliphatic heterocycles. The van der Waals surface area contributed by atoms with Crippen molar-refractivity contribution in [3.8, 4) is 0 Å². The molecule has 26 heavy (non-hydrogen) atoms. The van der Waals surface area contributed by atoms with Crippen molar-refractivity contribution in [3.63, 3.8) is 0 Å². The van der Waals surface area contributed by atoms with E-state index in [9.17, 15) is 4.79 Å². The molecule has 2 fully saturated rings. The zero-order chi connectivity index (χ0) is 18.8. The summed E-state index contributed by atoms with van der Waals surface area (Å²) in [7, 11) is 3.55. The van der Waals surface area contributed by atoms with Gasteiger partial charge in [0.05, 0.1) is 0 Å². The predicted octanol–water partition coefficient (Wildman–Crippen LogP) is 0.865. The van der Waals surface area contributed by atoms with Crippen LogP contribution in [-0.4, -0.2) is 99.7 Å². The lowest BCUT2D eigenvalue weighted by Crippen LogP contribution is -2.42. The lowest BCUT2D eigenvalue weighted by molar-refractivity contribution is -0.127. The fourth-order valence-electron chi connectivity index (χ4n) is 3.57. The van der Waals surface area contributed by atoms with Crippen LogP contribution in [0.4, 0.5) is 0 Å². The smallest absolute Gasteiger partial charge is 0.243 e. The number of hydrogen-bond acceptors (Lipinski definition) is 4. The van der Waals surface area contributed by atoms with Gasteiger partial charge in [-0.2, -0.15) is 0 Å². The largest absolute Gasteiger partial charge is 0.382 e. The fraction of sp³-hybridized carbons (Fsp3) is 0.895. The zero-order valence-corrected chi connectivity index (χ0v) is 16.9. The van der Waals surface area contributed by atoms with Crippen molar-refractivity contribution in [2.24, 2.45) is 10.9 Å². The zero-order valence-electron chi connectivity index (χ0n) is 16.9. The second-order valence-electron chi connectivity index (χ2n) is 7.51. The van der Waals surface area contributed by atoms with Crippen LogP contribution in [0, 0.1) is 5.92 Å². The fourth-order valence-corrected chi connectivity index (χ4v) is 3.57. The Balaban J connectivity index is 1.85. The first-order valence-electron chi connectivity index (χ1n) is 10.1. The van der Waals surface area contributed by atoms with E-state index in [0.717, 1.165) is 45.2 Å². The molecule has 0 radical (unpaired) electrons. The monoisotopic (exact) mass is 367 g/mol. The van der Waals surface area contributed by atoms with Gasteiger partial charge in [0, 0.05) is 53.5 Å². The van der Waals surface area contributed by atoms with Gasteiger partial charge in [-0.25, -0.2) is 4.99 Å². The number of nitrogens with zero attached hydrogens (tertiary/aromatic N) is 4. The Bertz CT molecular complexity index is 449. The number of amides is 1. The van der Waals surface area contributed by atoms with Crippen LogP contribution in [-0.2, 0) is 9.53 Å². The van der Waals surface area contributed by atoms with Crippen LogP contribution in [0.3, 0.4) is 0 Å². The van der Waals surface area contributed by atoms with E-state index in [2.05, 4.69) is 20.1 Å². The first-order chi connectivity index (χ1) is 12.6. The molecule has 150 valence electrons. The van der Waals surface area contributed by atoms with Gasteiger partial charge in [-0.1, -0.05) is 0 Å². The van der Waals surface area contributed by atoms with Gasteiger partial charge in [0.2, 0.25) is 5.91 Å². The standard InChI is InChI=1S/C19H37N5O2/c1-4-26-13-7-9-20-19(21-14-18(25)22(2)3)24-12-8-17(16-24)15-23-10-5-6-11-23/h17H,4-16H2,1-3H3,(H,20,21). The lowest BCUT2D eigenvalue weighted by Gasteiger charge is -2.24. The second kappa shape index (κ2) is 11.4. The lowest BCUT2D eigenvalue weighted by atomic mass is 10.1. The number of aliphatic imine (C=N–C) groups is 1. The van der Waals surface area contributed by atoms with Crippen LogP contribution in [0.5, 0.6) is 0 Å². The molecular formula is C19H37N5O2. The topological polar surface area (TPSA) is 60.4 Å². The summed E-state index contributed by atoms with van der Waals surface area (Å²) < 4.78 is 5.40. The Morgan fingerprint density at radius 1 is 1.27 bits per heavy atom. The van der Waals surface area contributed by atoms with Gasteiger partial charge in [0.25, 0.3) is 0 Å². The van der Waals surface area contributed by atoms with Crippen molar-refractivity contribution in [1.82, 2.24) is 20.0 Å². The van der Waals surface area contributed by atoms with Crippen LogP contribution >= 0.6 is 0 Å². The van der Waals surface area contributed by atoms with Gasteiger partial charge in [-0.3, -0.25) is 4.79 Å². The Hall–Kier alpha value is -1.34. The van der Waals surface area contributed by atoms with Crippen LogP contribution in [0.25, 0.3) is 0 Å². The molecule has 2 rings (SSSR count). The van der Waals surface area contributed by atoms with E-state index in [0.29, 0.717) is 5.92 Å². The molecule has 1 unspecified atom stereocenters. The molecule has 1 amide bonds. The Morgan fingerprint density at radius 3 is 2.73 bits per heavy atom. The van der Waals surface area contributed by atoms with E-state index >= 15 is 0 Å². The molecule has 0 saturated carbocycles. The van der Waals surface area contributed by atoms with Crippen molar-refractivity contribution >= 4 is 11.9 Å². The summed E-state index contributed by atoms with van der Waals surface area (Å²) in [5.41, 5.74) is 0. The highest BCUT2D eigenvalue weighted by Crippen LogP contribution is 2.20. The summed E-state index contributed by atoms with van der Waals surface area (Å²) in [5.74, 6) is 1.61.